The van der Waals surface area contributed by atoms with Gasteiger partial charge in [-0.05, 0) is 48.4 Å². The summed E-state index contributed by atoms with van der Waals surface area (Å²) < 4.78 is 6.36. The van der Waals surface area contributed by atoms with Gasteiger partial charge in [0.25, 0.3) is 0 Å². The summed E-state index contributed by atoms with van der Waals surface area (Å²) in [7, 11) is 0. The standard InChI is InChI=1S/C24H16BrN3O3S/c1-13(18-10-16-8-17(25)7-6-14(16)11-21(18)29)27-28-24-26-20(12-32-24)19-9-15-4-2-3-5-22(15)31-23(19)30/h2-10,12H,11H2,1H3,(H,26,28)/b27-13-. The number of para-hydroxylation sites is 1. The Kier molecular flexibility index (Phi) is 5.32. The SMILES string of the molecule is C/C(=N/Nc1nc(-c2cc3ccccc3oc2=O)cs1)C1=Cc2cc(Br)ccc2CC1=O. The third-order valence-corrected chi connectivity index (χ3v) is 6.43. The smallest absolute Gasteiger partial charge is 0.345 e. The number of thiazole rings is 1. The van der Waals surface area contributed by atoms with E-state index in [1.165, 1.54) is 11.3 Å². The average Bonchev–Trinajstić information content (AvgIpc) is 3.25. The fourth-order valence-electron chi connectivity index (χ4n) is 3.55. The first-order valence-corrected chi connectivity index (χ1v) is 11.5. The number of nitrogens with zero attached hydrogens (tertiary/aromatic N) is 2. The number of carbonyl (C=O) groups is 1. The number of carbonyl (C=O) groups excluding carboxylic acids is 1. The van der Waals surface area contributed by atoms with Crippen LogP contribution in [0, 0.1) is 0 Å². The first-order chi connectivity index (χ1) is 15.5. The number of nitrogens with one attached hydrogen (secondary N) is 1. The summed E-state index contributed by atoms with van der Waals surface area (Å²) in [6.07, 6.45) is 2.21. The number of allylic oxidation sites excluding steroid dienone is 1. The van der Waals surface area contributed by atoms with Crippen LogP contribution in [0.1, 0.15) is 18.1 Å². The second kappa shape index (κ2) is 8.29. The molecule has 0 aliphatic heterocycles. The van der Waals surface area contributed by atoms with E-state index in [4.69, 9.17) is 4.42 Å². The lowest BCUT2D eigenvalue weighted by Gasteiger charge is -2.15. The van der Waals surface area contributed by atoms with Gasteiger partial charge in [-0.1, -0.05) is 40.2 Å². The zero-order chi connectivity index (χ0) is 22.2. The number of hydrogen-bond acceptors (Lipinski definition) is 7. The molecule has 5 rings (SSSR count). The van der Waals surface area contributed by atoms with E-state index in [1.54, 1.807) is 24.4 Å². The van der Waals surface area contributed by atoms with Crippen LogP contribution in [-0.4, -0.2) is 16.5 Å². The number of hydrogen-bond donors (Lipinski definition) is 1. The second-order valence-corrected chi connectivity index (χ2v) is 9.11. The van der Waals surface area contributed by atoms with Gasteiger partial charge >= 0.3 is 5.63 Å². The van der Waals surface area contributed by atoms with Crippen LogP contribution in [0.4, 0.5) is 5.13 Å². The summed E-state index contributed by atoms with van der Waals surface area (Å²) in [5.74, 6) is 0.0245. The monoisotopic (exact) mass is 505 g/mol. The van der Waals surface area contributed by atoms with Gasteiger partial charge < -0.3 is 4.42 Å². The van der Waals surface area contributed by atoms with Crippen molar-refractivity contribution in [3.63, 3.8) is 0 Å². The highest BCUT2D eigenvalue weighted by atomic mass is 79.9. The molecule has 0 bridgehead atoms. The number of benzene rings is 2. The summed E-state index contributed by atoms with van der Waals surface area (Å²) in [6, 6.07) is 15.0. The molecule has 32 heavy (non-hydrogen) atoms. The van der Waals surface area contributed by atoms with Gasteiger partial charge in [-0.2, -0.15) is 5.10 Å². The van der Waals surface area contributed by atoms with Crippen LogP contribution in [0.3, 0.4) is 0 Å². The Labute approximate surface area is 195 Å². The number of Topliss-reactive ketones (excluding diaryl/α,β-unsaturated/α-hetero) is 1. The van der Waals surface area contributed by atoms with E-state index in [0.717, 1.165) is 21.0 Å². The van der Waals surface area contributed by atoms with Gasteiger partial charge in [0.1, 0.15) is 5.58 Å². The van der Waals surface area contributed by atoms with Crippen molar-refractivity contribution >= 4 is 60.9 Å². The maximum Gasteiger partial charge on any atom is 0.345 e. The molecule has 0 spiro atoms. The number of halogens is 1. The van der Waals surface area contributed by atoms with E-state index in [0.29, 0.717) is 39.7 Å². The van der Waals surface area contributed by atoms with E-state index in [2.05, 4.69) is 31.4 Å². The first kappa shape index (κ1) is 20.5. The Morgan fingerprint density at radius 3 is 2.91 bits per heavy atom. The van der Waals surface area contributed by atoms with E-state index < -0.39 is 5.63 Å². The normalized spacial score (nSPS) is 13.8. The molecule has 0 unspecified atom stereocenters. The molecule has 0 atom stereocenters. The number of rotatable bonds is 4. The molecule has 1 aliphatic carbocycles. The zero-order valence-corrected chi connectivity index (χ0v) is 19.3. The number of ketones is 1. The molecule has 8 heteroatoms. The van der Waals surface area contributed by atoms with Crippen molar-refractivity contribution in [2.45, 2.75) is 13.3 Å². The topological polar surface area (TPSA) is 84.6 Å². The molecule has 6 nitrogen and oxygen atoms in total. The Balaban J connectivity index is 1.40. The van der Waals surface area contributed by atoms with Crippen LogP contribution in [-0.2, 0) is 11.2 Å². The van der Waals surface area contributed by atoms with Crippen molar-refractivity contribution in [1.82, 2.24) is 4.98 Å². The van der Waals surface area contributed by atoms with Gasteiger partial charge in [-0.3, -0.25) is 10.2 Å². The Morgan fingerprint density at radius 1 is 1.19 bits per heavy atom. The summed E-state index contributed by atoms with van der Waals surface area (Å²) in [4.78, 5) is 29.4. The third kappa shape index (κ3) is 3.94. The lowest BCUT2D eigenvalue weighted by atomic mass is 9.89. The van der Waals surface area contributed by atoms with Crippen molar-refractivity contribution in [2.75, 3.05) is 5.43 Å². The van der Waals surface area contributed by atoms with Gasteiger partial charge in [-0.15, -0.1) is 11.3 Å². The van der Waals surface area contributed by atoms with Gasteiger partial charge in [0.15, 0.2) is 5.78 Å². The van der Waals surface area contributed by atoms with Crippen molar-refractivity contribution in [1.29, 1.82) is 0 Å². The highest BCUT2D eigenvalue weighted by molar-refractivity contribution is 9.10. The van der Waals surface area contributed by atoms with Crippen LogP contribution in [0.15, 0.2) is 78.3 Å². The van der Waals surface area contributed by atoms with Gasteiger partial charge in [0, 0.05) is 27.2 Å². The molecule has 0 saturated carbocycles. The van der Waals surface area contributed by atoms with Crippen LogP contribution in [0.25, 0.3) is 28.3 Å². The molecule has 0 amide bonds. The number of hydrazone groups is 1. The van der Waals surface area contributed by atoms with E-state index in [-0.39, 0.29) is 5.78 Å². The van der Waals surface area contributed by atoms with Gasteiger partial charge in [-0.25, -0.2) is 9.78 Å². The molecule has 2 aromatic heterocycles. The third-order valence-electron chi connectivity index (χ3n) is 5.19. The summed E-state index contributed by atoms with van der Waals surface area (Å²) in [6.45, 7) is 1.78. The Hall–Kier alpha value is -3.36. The zero-order valence-electron chi connectivity index (χ0n) is 16.9. The number of aromatic nitrogens is 1. The minimum absolute atomic E-state index is 0.0245. The van der Waals surface area contributed by atoms with Crippen molar-refractivity contribution < 1.29 is 9.21 Å². The quantitative estimate of drug-likeness (QED) is 0.219. The average molecular weight is 506 g/mol. The molecule has 158 valence electrons. The maximum atomic E-state index is 12.6. The molecule has 0 saturated heterocycles. The number of fused-ring (bicyclic) bond motifs is 2. The first-order valence-electron chi connectivity index (χ1n) is 9.81. The maximum absolute atomic E-state index is 12.6. The lowest BCUT2D eigenvalue weighted by Crippen LogP contribution is -2.18. The Morgan fingerprint density at radius 2 is 2.03 bits per heavy atom. The minimum Gasteiger partial charge on any atom is -0.422 e. The van der Waals surface area contributed by atoms with Crippen LogP contribution in [0.5, 0.6) is 0 Å². The Bertz CT molecular complexity index is 1500. The largest absolute Gasteiger partial charge is 0.422 e. The fraction of sp³-hybridized carbons (Fsp3) is 0.0833. The summed E-state index contributed by atoms with van der Waals surface area (Å²) in [5, 5.41) is 7.47. The highest BCUT2D eigenvalue weighted by Gasteiger charge is 2.21. The molecule has 2 aromatic carbocycles. The second-order valence-electron chi connectivity index (χ2n) is 7.33. The van der Waals surface area contributed by atoms with Gasteiger partial charge in [0.2, 0.25) is 5.13 Å². The highest BCUT2D eigenvalue weighted by Crippen LogP contribution is 2.27. The molecule has 0 radical (unpaired) electrons. The van der Waals surface area contributed by atoms with Crippen LogP contribution in [0.2, 0.25) is 0 Å². The predicted molar refractivity (Wildman–Crippen MR) is 131 cm³/mol. The van der Waals surface area contributed by atoms with Crippen LogP contribution >= 0.6 is 27.3 Å². The summed E-state index contributed by atoms with van der Waals surface area (Å²) in [5.41, 5.74) is 7.04. The van der Waals surface area contributed by atoms with Crippen molar-refractivity contribution in [2.24, 2.45) is 5.10 Å². The number of anilines is 1. The van der Waals surface area contributed by atoms with Crippen LogP contribution < -0.4 is 11.1 Å². The van der Waals surface area contributed by atoms with Crippen molar-refractivity contribution in [3.05, 3.63) is 85.5 Å². The van der Waals surface area contributed by atoms with Gasteiger partial charge in [0.05, 0.1) is 17.0 Å². The molecule has 4 aromatic rings. The molecular formula is C24H16BrN3O3S. The van der Waals surface area contributed by atoms with Crippen molar-refractivity contribution in [3.8, 4) is 11.3 Å². The molecule has 0 fully saturated rings. The molecule has 2 heterocycles. The molecule has 1 aliphatic rings. The fourth-order valence-corrected chi connectivity index (χ4v) is 4.58. The molecular weight excluding hydrogens is 490 g/mol. The predicted octanol–water partition coefficient (Wildman–Crippen LogP) is 5.68. The molecule has 1 N–H and O–H groups in total. The van der Waals surface area contributed by atoms with E-state index in [1.807, 2.05) is 42.5 Å². The summed E-state index contributed by atoms with van der Waals surface area (Å²) >= 11 is 4.79. The van der Waals surface area contributed by atoms with E-state index in [9.17, 15) is 9.59 Å². The minimum atomic E-state index is -0.442. The van der Waals surface area contributed by atoms with E-state index >= 15 is 0 Å². The lowest BCUT2D eigenvalue weighted by molar-refractivity contribution is -0.114.